The summed E-state index contributed by atoms with van der Waals surface area (Å²) in [5.41, 5.74) is 0. The van der Waals surface area contributed by atoms with Crippen LogP contribution in [0.3, 0.4) is 0 Å². The first kappa shape index (κ1) is 15.2. The normalized spacial score (nSPS) is 19.2. The SMILES string of the molecule is C1=CCCCCC1.C1=CCCCCC1.C=C. The van der Waals surface area contributed by atoms with E-state index in [0.717, 1.165) is 0 Å². The van der Waals surface area contributed by atoms with Gasteiger partial charge >= 0.3 is 0 Å². The molecule has 0 heteroatoms. The van der Waals surface area contributed by atoms with Gasteiger partial charge in [0.1, 0.15) is 0 Å². The lowest BCUT2D eigenvalue weighted by molar-refractivity contribution is 0.718. The predicted octanol–water partition coefficient (Wildman–Crippen LogP) is 5.82. The zero-order valence-electron chi connectivity index (χ0n) is 10.8. The summed E-state index contributed by atoms with van der Waals surface area (Å²) in [6.07, 6.45) is 23.0. The second-order valence-corrected chi connectivity index (χ2v) is 4.22. The Hall–Kier alpha value is -0.780. The summed E-state index contributed by atoms with van der Waals surface area (Å²) in [4.78, 5) is 0. The first-order valence-corrected chi connectivity index (χ1v) is 6.80. The minimum atomic E-state index is 1.32. The van der Waals surface area contributed by atoms with Crippen LogP contribution in [0.1, 0.15) is 64.2 Å². The van der Waals surface area contributed by atoms with Gasteiger partial charge in [-0.1, -0.05) is 37.1 Å². The zero-order chi connectivity index (χ0) is 11.9. The maximum Gasteiger partial charge on any atom is -0.0351 e. The Morgan fingerprint density at radius 3 is 0.938 bits per heavy atom. The molecule has 2 aliphatic carbocycles. The third kappa shape index (κ3) is 11.3. The van der Waals surface area contributed by atoms with E-state index in [1.165, 1.54) is 64.2 Å². The summed E-state index contributed by atoms with van der Waals surface area (Å²) in [5.74, 6) is 0. The highest BCUT2D eigenvalue weighted by Gasteiger charge is 1.89. The lowest BCUT2D eigenvalue weighted by Gasteiger charge is -1.86. The van der Waals surface area contributed by atoms with Crippen molar-refractivity contribution in [1.82, 2.24) is 0 Å². The van der Waals surface area contributed by atoms with Crippen molar-refractivity contribution in [3.05, 3.63) is 37.5 Å². The van der Waals surface area contributed by atoms with Crippen molar-refractivity contribution in [2.45, 2.75) is 64.2 Å². The monoisotopic (exact) mass is 220 g/mol. The van der Waals surface area contributed by atoms with Gasteiger partial charge in [0, 0.05) is 0 Å². The second kappa shape index (κ2) is 14.2. The molecule has 0 heterocycles. The number of allylic oxidation sites excluding steroid dienone is 4. The van der Waals surface area contributed by atoms with Crippen LogP contribution >= 0.6 is 0 Å². The molecule has 0 atom stereocenters. The molecule has 0 radical (unpaired) electrons. The molecular weight excluding hydrogens is 192 g/mol. The molecule has 0 aromatic heterocycles. The van der Waals surface area contributed by atoms with Crippen molar-refractivity contribution >= 4 is 0 Å². The fourth-order valence-electron chi connectivity index (χ4n) is 1.87. The van der Waals surface area contributed by atoms with Crippen molar-refractivity contribution in [2.24, 2.45) is 0 Å². The smallest absolute Gasteiger partial charge is 0.0351 e. The van der Waals surface area contributed by atoms with Gasteiger partial charge in [-0.25, -0.2) is 0 Å². The summed E-state index contributed by atoms with van der Waals surface area (Å²) in [5, 5.41) is 0. The fraction of sp³-hybridized carbons (Fsp3) is 0.625. The van der Waals surface area contributed by atoms with Gasteiger partial charge in [0.2, 0.25) is 0 Å². The molecule has 0 amide bonds. The minimum Gasteiger partial charge on any atom is -0.106 e. The molecule has 2 rings (SSSR count). The molecule has 0 fully saturated rings. The molecule has 92 valence electrons. The van der Waals surface area contributed by atoms with E-state index in [9.17, 15) is 0 Å². The largest absolute Gasteiger partial charge is 0.106 e. The molecule has 16 heavy (non-hydrogen) atoms. The lowest BCUT2D eigenvalue weighted by Crippen LogP contribution is -1.67. The number of rotatable bonds is 0. The van der Waals surface area contributed by atoms with Crippen LogP contribution in [-0.2, 0) is 0 Å². The predicted molar refractivity (Wildman–Crippen MR) is 75.7 cm³/mol. The number of hydrogen-bond donors (Lipinski definition) is 0. The molecule has 0 saturated carbocycles. The van der Waals surface area contributed by atoms with Crippen LogP contribution in [0.2, 0.25) is 0 Å². The Kier molecular flexibility index (Phi) is 13.5. The summed E-state index contributed by atoms with van der Waals surface area (Å²) in [6, 6.07) is 0. The van der Waals surface area contributed by atoms with E-state index in [-0.39, 0.29) is 0 Å². The third-order valence-electron chi connectivity index (χ3n) is 2.82. The van der Waals surface area contributed by atoms with Crippen molar-refractivity contribution in [2.75, 3.05) is 0 Å². The van der Waals surface area contributed by atoms with E-state index in [1.54, 1.807) is 0 Å². The molecule has 0 bridgehead atoms. The summed E-state index contributed by atoms with van der Waals surface area (Å²) >= 11 is 0. The Bertz CT molecular complexity index is 140. The van der Waals surface area contributed by atoms with Crippen LogP contribution in [0.5, 0.6) is 0 Å². The maximum absolute atomic E-state index is 3.00. The first-order valence-electron chi connectivity index (χ1n) is 6.80. The van der Waals surface area contributed by atoms with Crippen LogP contribution in [0.15, 0.2) is 37.5 Å². The summed E-state index contributed by atoms with van der Waals surface area (Å²) in [6.45, 7) is 6.00. The van der Waals surface area contributed by atoms with E-state index < -0.39 is 0 Å². The molecule has 0 nitrogen and oxygen atoms in total. The molecule has 0 spiro atoms. The van der Waals surface area contributed by atoms with Crippen molar-refractivity contribution in [3.8, 4) is 0 Å². The van der Waals surface area contributed by atoms with Gasteiger partial charge in [-0.3, -0.25) is 0 Å². The molecule has 0 aliphatic heterocycles. The standard InChI is InChI=1S/2C7H12.C2H4/c2*1-2-4-6-7-5-3-1;1-2/h2*1-2H,3-7H2;1-2H2. The van der Waals surface area contributed by atoms with Crippen LogP contribution in [0.4, 0.5) is 0 Å². The molecule has 0 saturated heterocycles. The van der Waals surface area contributed by atoms with Gasteiger partial charge in [0.15, 0.2) is 0 Å². The minimum absolute atomic E-state index is 1.32. The van der Waals surface area contributed by atoms with Crippen molar-refractivity contribution in [1.29, 1.82) is 0 Å². The quantitative estimate of drug-likeness (QED) is 0.451. The molecule has 0 aromatic carbocycles. The lowest BCUT2D eigenvalue weighted by atomic mass is 10.2. The summed E-state index contributed by atoms with van der Waals surface area (Å²) in [7, 11) is 0. The molecule has 0 unspecified atom stereocenters. The van der Waals surface area contributed by atoms with E-state index in [4.69, 9.17) is 0 Å². The highest BCUT2D eigenvalue weighted by Crippen LogP contribution is 2.09. The first-order chi connectivity index (χ1) is 8.00. The van der Waals surface area contributed by atoms with Crippen molar-refractivity contribution < 1.29 is 0 Å². The molecule has 2 aliphatic rings. The van der Waals surface area contributed by atoms with Gasteiger partial charge in [0.25, 0.3) is 0 Å². The van der Waals surface area contributed by atoms with E-state index in [0.29, 0.717) is 0 Å². The van der Waals surface area contributed by atoms with Crippen molar-refractivity contribution in [3.63, 3.8) is 0 Å². The molecular formula is C16H28. The van der Waals surface area contributed by atoms with Crippen LogP contribution < -0.4 is 0 Å². The Morgan fingerprint density at radius 2 is 0.688 bits per heavy atom. The maximum atomic E-state index is 3.00. The van der Waals surface area contributed by atoms with Gasteiger partial charge in [-0.2, -0.15) is 0 Å². The highest BCUT2D eigenvalue weighted by atomic mass is 14.0. The van der Waals surface area contributed by atoms with E-state index in [1.807, 2.05) is 0 Å². The second-order valence-electron chi connectivity index (χ2n) is 4.22. The van der Waals surface area contributed by atoms with E-state index in [2.05, 4.69) is 37.5 Å². The summed E-state index contributed by atoms with van der Waals surface area (Å²) < 4.78 is 0. The zero-order valence-corrected chi connectivity index (χ0v) is 10.8. The average Bonchev–Trinajstić information content (AvgIpc) is 2.82. The Labute approximate surface area is 102 Å². The van der Waals surface area contributed by atoms with Crippen LogP contribution in [0, 0.1) is 0 Å². The van der Waals surface area contributed by atoms with E-state index >= 15 is 0 Å². The topological polar surface area (TPSA) is 0 Å². The number of hydrogen-bond acceptors (Lipinski definition) is 0. The van der Waals surface area contributed by atoms with Gasteiger partial charge in [0.05, 0.1) is 0 Å². The van der Waals surface area contributed by atoms with Crippen LogP contribution in [-0.4, -0.2) is 0 Å². The fourth-order valence-corrected chi connectivity index (χ4v) is 1.87. The molecule has 0 aromatic rings. The Balaban J connectivity index is 0.000000244. The van der Waals surface area contributed by atoms with Crippen LogP contribution in [0.25, 0.3) is 0 Å². The Morgan fingerprint density at radius 1 is 0.438 bits per heavy atom. The average molecular weight is 220 g/mol. The molecule has 0 N–H and O–H groups in total. The highest BCUT2D eigenvalue weighted by molar-refractivity contribution is 4.84. The third-order valence-corrected chi connectivity index (χ3v) is 2.82. The van der Waals surface area contributed by atoms with Gasteiger partial charge in [-0.15, -0.1) is 13.2 Å². The van der Waals surface area contributed by atoms with Gasteiger partial charge in [-0.05, 0) is 51.4 Å². The van der Waals surface area contributed by atoms with Gasteiger partial charge < -0.3 is 0 Å².